The lowest BCUT2D eigenvalue weighted by molar-refractivity contribution is -0.397. The number of ether oxygens (including phenoxy) is 10. The summed E-state index contributed by atoms with van der Waals surface area (Å²) in [6.45, 7) is 19.8. The Labute approximate surface area is 490 Å². The summed E-state index contributed by atoms with van der Waals surface area (Å²) in [5.74, 6) is -0.264. The van der Waals surface area contributed by atoms with Crippen LogP contribution in [-0.2, 0) is 62.0 Å². The van der Waals surface area contributed by atoms with Gasteiger partial charge in [0.25, 0.3) is 0 Å². The van der Waals surface area contributed by atoms with Gasteiger partial charge in [0, 0.05) is 0 Å². The maximum absolute atomic E-state index is 12.4. The molecular weight excluding hydrogens is 1130 g/mol. The SMILES string of the molecule is C=C(CC[C@](C)(O)[C@H]1CC[C@H]2[C@@H]3C[C@H](O[C@@H]4O[C@H](C)[C@@H](O)[C@H](O[C@@H]5OC[C@@H](O[C@@H]6O[C@H](C)[C@H](O)[C@H](O)[C@H]6O[C@@H]6O[C@H](C)[C@@H](O)[C@H](O)[C@H]6O)[C@H](O)[C@H]5O[C@@H]5O[C@H](C)[C@@H](O)[C@H](O)[C@H]5O)[C@H]4O)[C@H]4C[C@@H](OS(=O)(=O)[O-])CC[C@]4(C)C3=CC[C@@]21C)C(C)C. The average molecular weight is 1230 g/mol. The molecule has 26 nitrogen and oxygen atoms in total. The fourth-order valence-electron chi connectivity index (χ4n) is 15.5. The van der Waals surface area contributed by atoms with Gasteiger partial charge in [-0.3, -0.25) is 4.18 Å². The van der Waals surface area contributed by atoms with Crippen LogP contribution in [0.4, 0.5) is 0 Å². The molecular formula is C57H93O26S-. The molecule has 0 aromatic rings. The standard InChI is InChI=1S/C57H94O26S/c1-22(2)23(3)13-18-57(10,69)35-12-11-30-29-20-33(32-19-28(83-84(70,71)72)14-16-55(32,8)31(29)15-17-56(30,35)9)78-52-46(68)47(39(61)27(7)76-52)80-53-48(81-50-44(66)41(63)36(58)24(4)74-50)40(62)34(21-73-53)79-54-49(43(65)38(60)26(6)77-54)82-51-45(67)42(64)37(59)25(5)75-51/h15,22,24-30,32-54,58-69H,3,11-14,16-21H2,1-2,4-10H3,(H,70,71,72)/p-1/t24-,25-,26-,27-,28+,29+,30+,32-,33+,34-,35+,36-,37-,38+,39-,40+,41+,42+,43+,44-,45-,46-,47+,48-,49-,50+,51+,52+,53+,54+,55-,56+,57+/m1/s1. The molecule has 9 rings (SSSR count). The average Bonchev–Trinajstić information content (AvgIpc) is 1.42. The second kappa shape index (κ2) is 25.6. The number of fused-ring (bicyclic) bond motifs is 5. The summed E-state index contributed by atoms with van der Waals surface area (Å²) in [4.78, 5) is 0. The molecule has 12 N–H and O–H groups in total. The first-order chi connectivity index (χ1) is 39.2. The molecule has 5 saturated heterocycles. The summed E-state index contributed by atoms with van der Waals surface area (Å²) in [5.41, 5.74) is 0.323. The number of allylic oxidation sites excluding steroid dienone is 3. The van der Waals surface area contributed by atoms with Crippen LogP contribution >= 0.6 is 0 Å². The second-order valence-electron chi connectivity index (χ2n) is 26.6. The van der Waals surface area contributed by atoms with Crippen LogP contribution in [0.3, 0.4) is 0 Å². The molecule has 3 saturated carbocycles. The molecule has 0 aromatic heterocycles. The van der Waals surface area contributed by atoms with Crippen LogP contribution in [0, 0.1) is 40.4 Å². The predicted octanol–water partition coefficient (Wildman–Crippen LogP) is -1.00. The molecule has 0 amide bonds. The van der Waals surface area contributed by atoms with Gasteiger partial charge in [-0.2, -0.15) is 0 Å². The molecule has 33 atom stereocenters. The minimum atomic E-state index is -5.10. The molecule has 484 valence electrons. The highest BCUT2D eigenvalue weighted by molar-refractivity contribution is 7.80. The lowest BCUT2D eigenvalue weighted by atomic mass is 9.47. The maximum Gasteiger partial charge on any atom is 0.217 e. The Hall–Kier alpha value is -1.53. The van der Waals surface area contributed by atoms with Crippen molar-refractivity contribution < 1.29 is 126 Å². The molecule has 8 fully saturated rings. The van der Waals surface area contributed by atoms with Crippen molar-refractivity contribution in [2.45, 2.75) is 285 Å². The van der Waals surface area contributed by atoms with Gasteiger partial charge in [0.15, 0.2) is 31.5 Å². The summed E-state index contributed by atoms with van der Waals surface area (Å²) < 4.78 is 103. The quantitative estimate of drug-likeness (QED) is 0.0472. The normalized spacial score (nSPS) is 51.7. The third kappa shape index (κ3) is 13.0. The smallest absolute Gasteiger partial charge is 0.217 e. The molecule has 27 heteroatoms. The first-order valence-corrected chi connectivity index (χ1v) is 31.2. The van der Waals surface area contributed by atoms with Gasteiger partial charge in [-0.1, -0.05) is 51.5 Å². The van der Waals surface area contributed by atoms with E-state index in [1.807, 2.05) is 6.92 Å². The highest BCUT2D eigenvalue weighted by Crippen LogP contribution is 2.67. The summed E-state index contributed by atoms with van der Waals surface area (Å²) in [6.07, 6.45) is -33.8. The van der Waals surface area contributed by atoms with Crippen LogP contribution in [0.25, 0.3) is 0 Å². The molecule has 9 aliphatic rings. The van der Waals surface area contributed by atoms with E-state index in [0.717, 1.165) is 18.4 Å². The van der Waals surface area contributed by atoms with Crippen molar-refractivity contribution in [1.29, 1.82) is 0 Å². The largest absolute Gasteiger partial charge is 0.726 e. The van der Waals surface area contributed by atoms with Crippen molar-refractivity contribution in [2.75, 3.05) is 6.61 Å². The van der Waals surface area contributed by atoms with Crippen LogP contribution in [0.1, 0.15) is 120 Å². The fourth-order valence-corrected chi connectivity index (χ4v) is 16.0. The molecule has 5 aliphatic heterocycles. The summed E-state index contributed by atoms with van der Waals surface area (Å²) in [6, 6.07) is 0. The van der Waals surface area contributed by atoms with Gasteiger partial charge < -0.3 is 113 Å². The van der Waals surface area contributed by atoms with E-state index in [9.17, 15) is 74.2 Å². The minimum Gasteiger partial charge on any atom is -0.726 e. The zero-order valence-corrected chi connectivity index (χ0v) is 50.1. The Bertz CT molecular complexity index is 2400. The van der Waals surface area contributed by atoms with Crippen molar-refractivity contribution in [3.63, 3.8) is 0 Å². The number of aliphatic hydroxyl groups is 12. The van der Waals surface area contributed by atoms with Gasteiger partial charge >= 0.3 is 0 Å². The van der Waals surface area contributed by atoms with E-state index in [1.54, 1.807) is 0 Å². The first kappa shape index (κ1) is 66.9. The maximum atomic E-state index is 12.4. The van der Waals surface area contributed by atoms with E-state index in [-0.39, 0.29) is 41.9 Å². The van der Waals surface area contributed by atoms with Crippen LogP contribution in [0.5, 0.6) is 0 Å². The Morgan fingerprint density at radius 2 is 1.15 bits per heavy atom. The lowest BCUT2D eigenvalue weighted by Crippen LogP contribution is -2.66. The molecule has 0 unspecified atom stereocenters. The molecule has 5 heterocycles. The van der Waals surface area contributed by atoms with Gasteiger partial charge in [0.1, 0.15) is 91.6 Å². The van der Waals surface area contributed by atoms with Gasteiger partial charge in [0.05, 0.1) is 48.8 Å². The fraction of sp³-hybridized carbons (Fsp3) is 0.930. The van der Waals surface area contributed by atoms with Crippen molar-refractivity contribution in [1.82, 2.24) is 0 Å². The van der Waals surface area contributed by atoms with Crippen molar-refractivity contribution in [3.05, 3.63) is 23.8 Å². The molecule has 0 aromatic carbocycles. The Morgan fingerprint density at radius 3 is 1.73 bits per heavy atom. The third-order valence-electron chi connectivity index (χ3n) is 20.8. The Morgan fingerprint density at radius 1 is 0.643 bits per heavy atom. The van der Waals surface area contributed by atoms with E-state index >= 15 is 0 Å². The molecule has 84 heavy (non-hydrogen) atoms. The highest BCUT2D eigenvalue weighted by atomic mass is 32.3. The number of aliphatic hydroxyl groups excluding tert-OH is 11. The van der Waals surface area contributed by atoms with Crippen LogP contribution in [0.15, 0.2) is 23.8 Å². The Balaban J connectivity index is 0.977. The van der Waals surface area contributed by atoms with Crippen LogP contribution in [-0.4, -0.2) is 246 Å². The van der Waals surface area contributed by atoms with E-state index in [2.05, 4.69) is 40.3 Å². The van der Waals surface area contributed by atoms with Crippen LogP contribution < -0.4 is 0 Å². The number of hydrogen-bond acceptors (Lipinski definition) is 26. The number of hydrogen-bond donors (Lipinski definition) is 12. The summed E-state index contributed by atoms with van der Waals surface area (Å²) in [5, 5.41) is 135. The monoisotopic (exact) mass is 1230 g/mol. The molecule has 4 aliphatic carbocycles. The first-order valence-electron chi connectivity index (χ1n) is 29.9. The summed E-state index contributed by atoms with van der Waals surface area (Å²) >= 11 is 0. The van der Waals surface area contributed by atoms with Crippen molar-refractivity contribution in [3.8, 4) is 0 Å². The number of rotatable bonds is 17. The minimum absolute atomic E-state index is 0.0547. The molecule has 0 radical (unpaired) electrons. The van der Waals surface area contributed by atoms with Gasteiger partial charge in [-0.15, -0.1) is 0 Å². The zero-order valence-electron chi connectivity index (χ0n) is 49.2. The zero-order chi connectivity index (χ0) is 61.6. The highest BCUT2D eigenvalue weighted by Gasteiger charge is 2.63. The topological polar surface area (TPSA) is 401 Å². The van der Waals surface area contributed by atoms with Gasteiger partial charge in [-0.25, -0.2) is 8.42 Å². The van der Waals surface area contributed by atoms with E-state index in [0.29, 0.717) is 32.1 Å². The molecule has 0 spiro atoms. The molecule has 0 bridgehead atoms. The third-order valence-corrected chi connectivity index (χ3v) is 21.3. The predicted molar refractivity (Wildman–Crippen MR) is 287 cm³/mol. The van der Waals surface area contributed by atoms with Crippen molar-refractivity contribution in [2.24, 2.45) is 40.4 Å². The van der Waals surface area contributed by atoms with Gasteiger partial charge in [-0.05, 0) is 133 Å². The van der Waals surface area contributed by atoms with E-state index in [1.165, 1.54) is 33.3 Å². The van der Waals surface area contributed by atoms with E-state index < -0.39 is 194 Å². The van der Waals surface area contributed by atoms with E-state index in [4.69, 9.17) is 51.6 Å². The lowest BCUT2D eigenvalue weighted by Gasteiger charge is -2.60. The second-order valence-corrected chi connectivity index (χ2v) is 27.6. The van der Waals surface area contributed by atoms with Gasteiger partial charge in [0.2, 0.25) is 10.4 Å². The summed E-state index contributed by atoms with van der Waals surface area (Å²) in [7, 11) is -5.10. The van der Waals surface area contributed by atoms with Crippen molar-refractivity contribution >= 4 is 10.4 Å². The van der Waals surface area contributed by atoms with Crippen LogP contribution in [0.2, 0.25) is 0 Å². The Kier molecular flexibility index (Phi) is 20.4.